The molecule has 2 heterocycles. The molecule has 0 spiro atoms. The molecule has 1 amide bonds. The van der Waals surface area contributed by atoms with Crippen LogP contribution < -0.4 is 4.90 Å². The molecule has 0 saturated carbocycles. The van der Waals surface area contributed by atoms with Crippen molar-refractivity contribution in [3.05, 3.63) is 46.7 Å². The Morgan fingerprint density at radius 1 is 1.33 bits per heavy atom. The van der Waals surface area contributed by atoms with Crippen molar-refractivity contribution in [1.29, 1.82) is 0 Å². The third kappa shape index (κ3) is 3.65. The lowest BCUT2D eigenvalue weighted by Gasteiger charge is -2.19. The number of rotatable bonds is 5. The molecule has 1 aromatic carbocycles. The Balaban J connectivity index is 1.81. The molecule has 0 saturated heterocycles. The number of benzene rings is 1. The summed E-state index contributed by atoms with van der Waals surface area (Å²) in [5.41, 5.74) is 4.10. The minimum absolute atomic E-state index is 0.0537. The van der Waals surface area contributed by atoms with Gasteiger partial charge in [0.2, 0.25) is 5.91 Å². The number of anilines is 2. The Morgan fingerprint density at radius 2 is 2.17 bits per heavy atom. The lowest BCUT2D eigenvalue weighted by atomic mass is 10.1. The summed E-state index contributed by atoms with van der Waals surface area (Å²) in [5.74, 6) is 0.617. The number of aromatic nitrogens is 4. The van der Waals surface area contributed by atoms with Gasteiger partial charge in [-0.3, -0.25) is 14.8 Å². The molecule has 0 radical (unpaired) electrons. The van der Waals surface area contributed by atoms with Crippen LogP contribution in [0.5, 0.6) is 0 Å². The maximum absolute atomic E-state index is 12.2. The van der Waals surface area contributed by atoms with Crippen molar-refractivity contribution >= 4 is 39.8 Å². The molecule has 0 unspecified atom stereocenters. The van der Waals surface area contributed by atoms with E-state index < -0.39 is 0 Å². The number of carbonyl (C=O) groups excluding carboxylic acids is 1. The van der Waals surface area contributed by atoms with Crippen LogP contribution in [-0.4, -0.2) is 26.1 Å². The van der Waals surface area contributed by atoms with E-state index in [0.717, 1.165) is 22.1 Å². The number of nitrogens with one attached hydrogen (secondary N) is 1. The van der Waals surface area contributed by atoms with Gasteiger partial charge in [-0.25, -0.2) is 9.97 Å². The van der Waals surface area contributed by atoms with Crippen LogP contribution in [0, 0.1) is 13.8 Å². The van der Waals surface area contributed by atoms with Crippen molar-refractivity contribution in [2.75, 3.05) is 4.90 Å². The molecule has 0 atom stereocenters. The molecule has 0 bridgehead atoms. The van der Waals surface area contributed by atoms with Gasteiger partial charge in [-0.05, 0) is 37.1 Å². The zero-order valence-corrected chi connectivity index (χ0v) is 15.2. The number of carbonyl (C=O) groups is 1. The average molecular weight is 359 g/mol. The van der Waals surface area contributed by atoms with Crippen LogP contribution in [-0.2, 0) is 10.5 Å². The molecule has 8 heteroatoms. The highest BCUT2D eigenvalue weighted by Gasteiger charge is 2.18. The Labute approximate surface area is 148 Å². The van der Waals surface area contributed by atoms with E-state index in [1.807, 2.05) is 30.5 Å². The van der Waals surface area contributed by atoms with Crippen LogP contribution in [0.2, 0.25) is 0 Å². The summed E-state index contributed by atoms with van der Waals surface area (Å²) in [6, 6.07) is 5.99. The largest absolute Gasteiger partial charge is 0.274 e. The van der Waals surface area contributed by atoms with E-state index in [-0.39, 0.29) is 5.91 Å². The average Bonchev–Trinajstić information content (AvgIpc) is 3.20. The van der Waals surface area contributed by atoms with E-state index in [1.165, 1.54) is 35.0 Å². The number of amides is 1. The summed E-state index contributed by atoms with van der Waals surface area (Å²) < 4.78 is 0. The smallest absolute Gasteiger partial charge is 0.230 e. The van der Waals surface area contributed by atoms with Gasteiger partial charge in [-0.1, -0.05) is 17.8 Å². The summed E-state index contributed by atoms with van der Waals surface area (Å²) in [4.78, 5) is 22.5. The first-order valence-electron chi connectivity index (χ1n) is 7.35. The maximum Gasteiger partial charge on any atom is 0.230 e. The molecular formula is C16H17N5OS2. The van der Waals surface area contributed by atoms with Gasteiger partial charge in [0.25, 0.3) is 0 Å². The minimum atomic E-state index is -0.0537. The Hall–Kier alpha value is -2.19. The number of thioether (sulfide) groups is 1. The number of hydrogen-bond donors (Lipinski definition) is 1. The molecule has 2 aromatic heterocycles. The number of H-pyrrole nitrogens is 1. The van der Waals surface area contributed by atoms with Crippen molar-refractivity contribution < 1.29 is 4.79 Å². The molecule has 0 fully saturated rings. The number of aryl methyl sites for hydroxylation is 2. The molecule has 124 valence electrons. The third-order valence-corrected chi connectivity index (χ3v) is 5.33. The highest BCUT2D eigenvalue weighted by Crippen LogP contribution is 2.31. The van der Waals surface area contributed by atoms with Crippen LogP contribution in [0.15, 0.2) is 35.1 Å². The quantitative estimate of drug-likeness (QED) is 0.700. The summed E-state index contributed by atoms with van der Waals surface area (Å²) in [7, 11) is 0. The zero-order chi connectivity index (χ0) is 17.1. The topological polar surface area (TPSA) is 74.8 Å². The molecule has 0 aliphatic carbocycles. The second kappa shape index (κ2) is 7.14. The predicted molar refractivity (Wildman–Crippen MR) is 96.8 cm³/mol. The van der Waals surface area contributed by atoms with E-state index in [2.05, 4.69) is 27.1 Å². The predicted octanol–water partition coefficient (Wildman–Crippen LogP) is 3.85. The summed E-state index contributed by atoms with van der Waals surface area (Å²) in [6.07, 6.45) is 1.48. The lowest BCUT2D eigenvalue weighted by Crippen LogP contribution is -2.22. The van der Waals surface area contributed by atoms with Crippen molar-refractivity contribution in [2.24, 2.45) is 0 Å². The van der Waals surface area contributed by atoms with Crippen molar-refractivity contribution in [1.82, 2.24) is 20.2 Å². The van der Waals surface area contributed by atoms with E-state index in [4.69, 9.17) is 0 Å². The van der Waals surface area contributed by atoms with Crippen molar-refractivity contribution in [3.8, 4) is 0 Å². The first-order valence-corrected chi connectivity index (χ1v) is 9.21. The van der Waals surface area contributed by atoms with E-state index in [0.29, 0.717) is 10.9 Å². The van der Waals surface area contributed by atoms with Crippen LogP contribution in [0.1, 0.15) is 23.7 Å². The van der Waals surface area contributed by atoms with Crippen LogP contribution in [0.4, 0.5) is 10.8 Å². The van der Waals surface area contributed by atoms with Gasteiger partial charge in [0.15, 0.2) is 10.3 Å². The molecule has 3 rings (SSSR count). The second-order valence-electron chi connectivity index (χ2n) is 5.32. The molecule has 24 heavy (non-hydrogen) atoms. The van der Waals surface area contributed by atoms with Crippen molar-refractivity contribution in [3.63, 3.8) is 0 Å². The van der Waals surface area contributed by atoms with Gasteiger partial charge in [-0.15, -0.1) is 11.3 Å². The highest BCUT2D eigenvalue weighted by molar-refractivity contribution is 7.98. The van der Waals surface area contributed by atoms with Gasteiger partial charge in [0.1, 0.15) is 6.33 Å². The van der Waals surface area contributed by atoms with Crippen LogP contribution in [0.25, 0.3) is 0 Å². The number of hydrogen-bond acceptors (Lipinski definition) is 6. The molecule has 1 N–H and O–H groups in total. The first kappa shape index (κ1) is 16.7. The van der Waals surface area contributed by atoms with Gasteiger partial charge in [0.05, 0.1) is 11.4 Å². The first-order chi connectivity index (χ1) is 11.5. The van der Waals surface area contributed by atoms with Crippen LogP contribution >= 0.6 is 23.1 Å². The highest BCUT2D eigenvalue weighted by atomic mass is 32.2. The van der Waals surface area contributed by atoms with E-state index in [9.17, 15) is 4.79 Å². The lowest BCUT2D eigenvalue weighted by molar-refractivity contribution is -0.115. The number of nitrogens with zero attached hydrogens (tertiary/aromatic N) is 4. The minimum Gasteiger partial charge on any atom is -0.274 e. The van der Waals surface area contributed by atoms with Crippen LogP contribution in [0.3, 0.4) is 0 Å². The SMILES string of the molecule is CC(=O)N(c1ccc(C)c(C)c1)c1nc(CSc2ncn[nH]2)cs1. The molecule has 3 aromatic rings. The fraction of sp³-hybridized carbons (Fsp3) is 0.250. The maximum atomic E-state index is 12.2. The molecular weight excluding hydrogens is 342 g/mol. The summed E-state index contributed by atoms with van der Waals surface area (Å²) in [6.45, 7) is 5.65. The number of thiazole rings is 1. The van der Waals surface area contributed by atoms with Crippen molar-refractivity contribution in [2.45, 2.75) is 31.7 Å². The molecule has 0 aliphatic heterocycles. The normalized spacial score (nSPS) is 10.8. The monoisotopic (exact) mass is 359 g/mol. The molecule has 6 nitrogen and oxygen atoms in total. The third-order valence-electron chi connectivity index (χ3n) is 3.54. The van der Waals surface area contributed by atoms with E-state index in [1.54, 1.807) is 11.8 Å². The van der Waals surface area contributed by atoms with Gasteiger partial charge >= 0.3 is 0 Å². The Kier molecular flexibility index (Phi) is 4.96. The fourth-order valence-electron chi connectivity index (χ4n) is 2.16. The summed E-state index contributed by atoms with van der Waals surface area (Å²) >= 11 is 2.99. The zero-order valence-electron chi connectivity index (χ0n) is 13.6. The Morgan fingerprint density at radius 3 is 2.83 bits per heavy atom. The summed E-state index contributed by atoms with van der Waals surface area (Å²) in [5, 5.41) is 10.0. The second-order valence-corrected chi connectivity index (χ2v) is 7.12. The fourth-order valence-corrected chi connectivity index (χ4v) is 3.83. The van der Waals surface area contributed by atoms with Gasteiger partial charge in [0, 0.05) is 18.1 Å². The molecule has 0 aliphatic rings. The Bertz CT molecular complexity index is 844. The van der Waals surface area contributed by atoms with E-state index >= 15 is 0 Å². The number of aromatic amines is 1. The van der Waals surface area contributed by atoms with Gasteiger partial charge in [-0.2, -0.15) is 5.10 Å². The standard InChI is InChI=1S/C16H17N5OS2/c1-10-4-5-14(6-11(10)2)21(12(3)22)16-19-13(8-24-16)7-23-15-17-9-18-20-15/h4-6,8-9H,7H2,1-3H3,(H,17,18,20). The van der Waals surface area contributed by atoms with Gasteiger partial charge < -0.3 is 0 Å².